The van der Waals surface area contributed by atoms with Gasteiger partial charge in [0.05, 0.1) is 5.54 Å². The molecular formula is C12H25N3O. The van der Waals surface area contributed by atoms with Crippen LogP contribution in [-0.2, 0) is 4.79 Å². The van der Waals surface area contributed by atoms with Crippen LogP contribution in [0.2, 0.25) is 0 Å². The highest BCUT2D eigenvalue weighted by Crippen LogP contribution is 2.31. The number of amides is 1. The fraction of sp³-hybridized carbons (Fsp3) is 0.917. The van der Waals surface area contributed by atoms with Crippen LogP contribution in [-0.4, -0.2) is 35.0 Å². The van der Waals surface area contributed by atoms with E-state index in [9.17, 15) is 4.79 Å². The molecule has 4 N–H and O–H groups in total. The van der Waals surface area contributed by atoms with E-state index in [1.807, 2.05) is 34.6 Å². The normalized spacial score (nSPS) is 30.3. The van der Waals surface area contributed by atoms with Crippen LogP contribution in [0.3, 0.4) is 0 Å². The Morgan fingerprint density at radius 1 is 1.31 bits per heavy atom. The number of hydrogen-bond acceptors (Lipinski definition) is 3. The predicted molar refractivity (Wildman–Crippen MR) is 65.8 cm³/mol. The highest BCUT2D eigenvalue weighted by Gasteiger charge is 2.45. The molecule has 1 fully saturated rings. The van der Waals surface area contributed by atoms with Crippen molar-refractivity contribution in [2.45, 2.75) is 52.1 Å². The van der Waals surface area contributed by atoms with Crippen LogP contribution in [0.1, 0.15) is 41.0 Å². The quantitative estimate of drug-likeness (QED) is 0.692. The SMILES string of the molecule is CC1(N)CCN(C(=O)C(C)(N)C(C)(C)C)C1. The number of nitrogens with zero attached hydrogens (tertiary/aromatic N) is 1. The van der Waals surface area contributed by atoms with Crippen molar-refractivity contribution in [3.63, 3.8) is 0 Å². The Bertz CT molecular complexity index is 289. The van der Waals surface area contributed by atoms with Crippen molar-refractivity contribution < 1.29 is 4.79 Å². The molecule has 0 aromatic heterocycles. The van der Waals surface area contributed by atoms with Crippen LogP contribution in [0.4, 0.5) is 0 Å². The lowest BCUT2D eigenvalue weighted by Gasteiger charge is -2.39. The van der Waals surface area contributed by atoms with Crippen molar-refractivity contribution >= 4 is 5.91 Å². The van der Waals surface area contributed by atoms with E-state index < -0.39 is 5.54 Å². The zero-order valence-electron chi connectivity index (χ0n) is 11.1. The van der Waals surface area contributed by atoms with Gasteiger partial charge in [-0.2, -0.15) is 0 Å². The van der Waals surface area contributed by atoms with Gasteiger partial charge in [-0.25, -0.2) is 0 Å². The van der Waals surface area contributed by atoms with Crippen molar-refractivity contribution in [1.82, 2.24) is 4.90 Å². The number of carbonyl (C=O) groups is 1. The predicted octanol–water partition coefficient (Wildman–Crippen LogP) is 0.700. The third-order valence-electron chi connectivity index (χ3n) is 3.79. The van der Waals surface area contributed by atoms with Gasteiger partial charge in [0.2, 0.25) is 5.91 Å². The summed E-state index contributed by atoms with van der Waals surface area (Å²) < 4.78 is 0. The monoisotopic (exact) mass is 227 g/mol. The minimum atomic E-state index is -0.840. The van der Waals surface area contributed by atoms with E-state index >= 15 is 0 Å². The molecule has 4 heteroatoms. The summed E-state index contributed by atoms with van der Waals surface area (Å²) in [4.78, 5) is 14.1. The summed E-state index contributed by atoms with van der Waals surface area (Å²) in [5, 5.41) is 0. The summed E-state index contributed by atoms with van der Waals surface area (Å²) >= 11 is 0. The van der Waals surface area contributed by atoms with E-state index in [-0.39, 0.29) is 16.9 Å². The fourth-order valence-corrected chi connectivity index (χ4v) is 1.81. The van der Waals surface area contributed by atoms with E-state index in [0.717, 1.165) is 6.42 Å². The maximum atomic E-state index is 12.3. The Morgan fingerprint density at radius 3 is 2.12 bits per heavy atom. The molecule has 1 rings (SSSR count). The summed E-state index contributed by atoms with van der Waals surface area (Å²) in [5.41, 5.74) is 10.8. The Hall–Kier alpha value is -0.610. The number of rotatable bonds is 1. The zero-order chi connectivity index (χ0) is 12.8. The van der Waals surface area contributed by atoms with Gasteiger partial charge in [0, 0.05) is 18.6 Å². The minimum Gasteiger partial charge on any atom is -0.339 e. The second-order valence-corrected chi connectivity index (χ2v) is 6.58. The molecule has 1 heterocycles. The molecule has 16 heavy (non-hydrogen) atoms. The molecule has 94 valence electrons. The molecule has 2 atom stereocenters. The standard InChI is InChI=1S/C12H25N3O/c1-10(2,3)12(5,14)9(16)15-7-6-11(4,13)8-15/h6-8,13-14H2,1-5H3. The molecule has 0 aromatic carbocycles. The first-order valence-electron chi connectivity index (χ1n) is 5.84. The van der Waals surface area contributed by atoms with Crippen LogP contribution >= 0.6 is 0 Å². The number of hydrogen-bond donors (Lipinski definition) is 2. The molecule has 0 radical (unpaired) electrons. The molecule has 2 unspecified atom stereocenters. The summed E-state index contributed by atoms with van der Waals surface area (Å²) in [6.07, 6.45) is 0.846. The van der Waals surface area contributed by atoms with Crippen LogP contribution in [0.5, 0.6) is 0 Å². The van der Waals surface area contributed by atoms with Crippen molar-refractivity contribution in [1.29, 1.82) is 0 Å². The third kappa shape index (κ3) is 2.38. The maximum absolute atomic E-state index is 12.3. The minimum absolute atomic E-state index is 0.00850. The molecule has 1 amide bonds. The van der Waals surface area contributed by atoms with Gasteiger partial charge in [0.25, 0.3) is 0 Å². The second kappa shape index (κ2) is 3.70. The fourth-order valence-electron chi connectivity index (χ4n) is 1.81. The molecule has 0 aromatic rings. The number of nitrogens with two attached hydrogens (primary N) is 2. The van der Waals surface area contributed by atoms with Crippen molar-refractivity contribution in [3.05, 3.63) is 0 Å². The van der Waals surface area contributed by atoms with Gasteiger partial charge in [-0.15, -0.1) is 0 Å². The van der Waals surface area contributed by atoms with Gasteiger partial charge in [-0.1, -0.05) is 20.8 Å². The molecule has 1 aliphatic rings. The highest BCUT2D eigenvalue weighted by molar-refractivity contribution is 5.87. The maximum Gasteiger partial charge on any atom is 0.242 e. The van der Waals surface area contributed by atoms with Gasteiger partial charge in [-0.05, 0) is 25.7 Å². The van der Waals surface area contributed by atoms with Crippen LogP contribution in [0, 0.1) is 5.41 Å². The highest BCUT2D eigenvalue weighted by atomic mass is 16.2. The van der Waals surface area contributed by atoms with Gasteiger partial charge < -0.3 is 16.4 Å². The molecule has 0 aliphatic carbocycles. The molecule has 0 saturated carbocycles. The van der Waals surface area contributed by atoms with Gasteiger partial charge in [-0.3, -0.25) is 4.79 Å². The Labute approximate surface area is 98.3 Å². The Morgan fingerprint density at radius 2 is 1.81 bits per heavy atom. The summed E-state index contributed by atoms with van der Waals surface area (Å²) in [6, 6.07) is 0. The summed E-state index contributed by atoms with van der Waals surface area (Å²) in [5.74, 6) is 0.00850. The lowest BCUT2D eigenvalue weighted by atomic mass is 9.74. The molecule has 1 aliphatic heterocycles. The van der Waals surface area contributed by atoms with Crippen molar-refractivity contribution in [3.8, 4) is 0 Å². The second-order valence-electron chi connectivity index (χ2n) is 6.58. The van der Waals surface area contributed by atoms with E-state index in [1.54, 1.807) is 4.90 Å². The smallest absolute Gasteiger partial charge is 0.242 e. The van der Waals surface area contributed by atoms with E-state index in [2.05, 4.69) is 0 Å². The molecule has 1 saturated heterocycles. The molecule has 4 nitrogen and oxygen atoms in total. The summed E-state index contributed by atoms with van der Waals surface area (Å²) in [7, 11) is 0. The van der Waals surface area contributed by atoms with Crippen LogP contribution < -0.4 is 11.5 Å². The first-order chi connectivity index (χ1) is 6.97. The molecular weight excluding hydrogens is 202 g/mol. The van der Waals surface area contributed by atoms with E-state index in [4.69, 9.17) is 11.5 Å². The van der Waals surface area contributed by atoms with Crippen molar-refractivity contribution in [2.75, 3.05) is 13.1 Å². The topological polar surface area (TPSA) is 72.3 Å². The lowest BCUT2D eigenvalue weighted by molar-refractivity contribution is -0.139. The van der Waals surface area contributed by atoms with Gasteiger partial charge >= 0.3 is 0 Å². The largest absolute Gasteiger partial charge is 0.339 e. The average molecular weight is 227 g/mol. The lowest BCUT2D eigenvalue weighted by Crippen LogP contribution is -2.60. The van der Waals surface area contributed by atoms with Crippen LogP contribution in [0.15, 0.2) is 0 Å². The first kappa shape index (κ1) is 13.5. The van der Waals surface area contributed by atoms with Gasteiger partial charge in [0.1, 0.15) is 0 Å². The van der Waals surface area contributed by atoms with Gasteiger partial charge in [0.15, 0.2) is 0 Å². The zero-order valence-corrected chi connectivity index (χ0v) is 11.1. The summed E-state index contributed by atoms with van der Waals surface area (Å²) in [6.45, 7) is 11.1. The van der Waals surface area contributed by atoms with E-state index in [0.29, 0.717) is 13.1 Å². The first-order valence-corrected chi connectivity index (χ1v) is 5.84. The van der Waals surface area contributed by atoms with Crippen molar-refractivity contribution in [2.24, 2.45) is 16.9 Å². The molecule has 0 bridgehead atoms. The average Bonchev–Trinajstić information content (AvgIpc) is 2.42. The van der Waals surface area contributed by atoms with E-state index in [1.165, 1.54) is 0 Å². The Balaban J connectivity index is 2.81. The van der Waals surface area contributed by atoms with Crippen LogP contribution in [0.25, 0.3) is 0 Å². The third-order valence-corrected chi connectivity index (χ3v) is 3.79. The number of likely N-dealkylation sites (tertiary alicyclic amines) is 1. The number of carbonyl (C=O) groups excluding carboxylic acids is 1. The molecule has 0 spiro atoms. The Kier molecular flexibility index (Phi) is 3.12.